The van der Waals surface area contributed by atoms with E-state index in [0.717, 1.165) is 5.69 Å². The Kier molecular flexibility index (Phi) is 5.16. The lowest BCUT2D eigenvalue weighted by molar-refractivity contribution is -0.134. The van der Waals surface area contributed by atoms with Gasteiger partial charge in [0.05, 0.1) is 5.56 Å². The van der Waals surface area contributed by atoms with Crippen molar-refractivity contribution in [1.29, 1.82) is 0 Å². The number of amides is 1. The molecule has 144 valence electrons. The van der Waals surface area contributed by atoms with Gasteiger partial charge in [0, 0.05) is 36.9 Å². The van der Waals surface area contributed by atoms with Crippen LogP contribution in [0.2, 0.25) is 5.02 Å². The average molecular weight is 400 g/mol. The van der Waals surface area contributed by atoms with Crippen molar-refractivity contribution in [3.63, 3.8) is 0 Å². The lowest BCUT2D eigenvalue weighted by Gasteiger charge is -2.36. The van der Waals surface area contributed by atoms with E-state index in [4.69, 9.17) is 20.8 Å². The van der Waals surface area contributed by atoms with Gasteiger partial charge in [-0.1, -0.05) is 23.7 Å². The van der Waals surface area contributed by atoms with Crippen LogP contribution in [0, 0.1) is 0 Å². The van der Waals surface area contributed by atoms with Gasteiger partial charge in [-0.05, 0) is 30.3 Å². The third-order valence-corrected chi connectivity index (χ3v) is 4.95. The second-order valence-corrected chi connectivity index (χ2v) is 6.86. The Balaban J connectivity index is 1.31. The first-order valence-corrected chi connectivity index (χ1v) is 9.27. The highest BCUT2D eigenvalue weighted by atomic mass is 35.5. The number of benzene rings is 2. The zero-order chi connectivity index (χ0) is 19.5. The molecule has 0 unspecified atom stereocenters. The number of halogens is 1. The fraction of sp³-hybridized carbons (Fsp3) is 0.250. The standard InChI is InChI=1S/C20H18ClN3O4/c21-14-3-1-4-15(11-14)23-7-9-24(10-8-23)18(25)12-27-20(26)16-5-2-6-17-19(16)22-13-28-17/h1-6,11,13H,7-10,12H2. The van der Waals surface area contributed by atoms with Crippen LogP contribution in [0.4, 0.5) is 5.69 Å². The number of ether oxygens (including phenoxy) is 1. The molecule has 1 amide bonds. The molecule has 1 aromatic heterocycles. The van der Waals surface area contributed by atoms with E-state index in [0.29, 0.717) is 42.3 Å². The van der Waals surface area contributed by atoms with E-state index < -0.39 is 5.97 Å². The van der Waals surface area contributed by atoms with E-state index in [1.165, 1.54) is 6.39 Å². The highest BCUT2D eigenvalue weighted by molar-refractivity contribution is 6.30. The van der Waals surface area contributed by atoms with Gasteiger partial charge >= 0.3 is 5.97 Å². The van der Waals surface area contributed by atoms with E-state index in [9.17, 15) is 9.59 Å². The number of para-hydroxylation sites is 1. The molecule has 0 saturated carbocycles. The Morgan fingerprint density at radius 3 is 2.68 bits per heavy atom. The summed E-state index contributed by atoms with van der Waals surface area (Å²) in [6, 6.07) is 12.6. The van der Waals surface area contributed by atoms with Crippen molar-refractivity contribution < 1.29 is 18.7 Å². The molecule has 0 spiro atoms. The summed E-state index contributed by atoms with van der Waals surface area (Å²) in [5.74, 6) is -0.808. The van der Waals surface area contributed by atoms with Crippen LogP contribution >= 0.6 is 11.6 Å². The Bertz CT molecular complexity index is 1010. The number of aromatic nitrogens is 1. The van der Waals surface area contributed by atoms with Crippen molar-refractivity contribution in [2.75, 3.05) is 37.7 Å². The molecule has 1 fully saturated rings. The minimum Gasteiger partial charge on any atom is -0.452 e. The second kappa shape index (κ2) is 7.90. The summed E-state index contributed by atoms with van der Waals surface area (Å²) < 4.78 is 10.4. The number of hydrogen-bond acceptors (Lipinski definition) is 6. The Morgan fingerprint density at radius 1 is 1.11 bits per heavy atom. The number of anilines is 1. The van der Waals surface area contributed by atoms with Gasteiger partial charge in [-0.15, -0.1) is 0 Å². The van der Waals surface area contributed by atoms with Crippen LogP contribution in [-0.4, -0.2) is 54.5 Å². The van der Waals surface area contributed by atoms with E-state index in [2.05, 4.69) is 9.88 Å². The average Bonchev–Trinajstić information content (AvgIpc) is 3.21. The molecule has 8 heteroatoms. The van der Waals surface area contributed by atoms with Crippen LogP contribution in [0.3, 0.4) is 0 Å². The summed E-state index contributed by atoms with van der Waals surface area (Å²) in [6.07, 6.45) is 1.27. The van der Waals surface area contributed by atoms with Crippen molar-refractivity contribution in [2.24, 2.45) is 0 Å². The third-order valence-electron chi connectivity index (χ3n) is 4.71. The van der Waals surface area contributed by atoms with Crippen LogP contribution in [0.15, 0.2) is 53.3 Å². The first kappa shape index (κ1) is 18.3. The Hall–Kier alpha value is -3.06. The molecule has 0 aliphatic carbocycles. The Morgan fingerprint density at radius 2 is 1.89 bits per heavy atom. The van der Waals surface area contributed by atoms with Crippen LogP contribution in [0.5, 0.6) is 0 Å². The molecule has 0 bridgehead atoms. The predicted molar refractivity (Wildman–Crippen MR) is 105 cm³/mol. The van der Waals surface area contributed by atoms with Crippen molar-refractivity contribution in [2.45, 2.75) is 0 Å². The third kappa shape index (κ3) is 3.80. The highest BCUT2D eigenvalue weighted by Crippen LogP contribution is 2.21. The van der Waals surface area contributed by atoms with Gasteiger partial charge in [-0.25, -0.2) is 9.78 Å². The van der Waals surface area contributed by atoms with E-state index in [-0.39, 0.29) is 18.1 Å². The molecule has 1 saturated heterocycles. The molecular formula is C20H18ClN3O4. The largest absolute Gasteiger partial charge is 0.452 e. The van der Waals surface area contributed by atoms with Gasteiger partial charge in [-0.3, -0.25) is 4.79 Å². The summed E-state index contributed by atoms with van der Waals surface area (Å²) in [6.45, 7) is 2.20. The lowest BCUT2D eigenvalue weighted by atomic mass is 10.2. The number of nitrogens with zero attached hydrogens (tertiary/aromatic N) is 3. The molecule has 0 radical (unpaired) electrons. The molecule has 1 aliphatic heterocycles. The summed E-state index contributed by atoms with van der Waals surface area (Å²) in [5.41, 5.74) is 2.24. The summed E-state index contributed by atoms with van der Waals surface area (Å²) in [5, 5.41) is 0.685. The molecular weight excluding hydrogens is 382 g/mol. The SMILES string of the molecule is O=C(OCC(=O)N1CCN(c2cccc(Cl)c2)CC1)c1cccc2ocnc12. The van der Waals surface area contributed by atoms with Gasteiger partial charge < -0.3 is 19.0 Å². The molecule has 0 atom stereocenters. The van der Waals surface area contributed by atoms with Gasteiger partial charge in [0.15, 0.2) is 18.6 Å². The minimum atomic E-state index is -0.592. The van der Waals surface area contributed by atoms with Crippen LogP contribution in [0.1, 0.15) is 10.4 Å². The normalized spacial score (nSPS) is 14.3. The van der Waals surface area contributed by atoms with Gasteiger partial charge in [0.1, 0.15) is 5.52 Å². The van der Waals surface area contributed by atoms with Gasteiger partial charge in [-0.2, -0.15) is 0 Å². The van der Waals surface area contributed by atoms with Crippen molar-refractivity contribution in [3.8, 4) is 0 Å². The van der Waals surface area contributed by atoms with Crippen molar-refractivity contribution in [3.05, 3.63) is 59.4 Å². The lowest BCUT2D eigenvalue weighted by Crippen LogP contribution is -2.49. The molecule has 3 aromatic rings. The van der Waals surface area contributed by atoms with Crippen LogP contribution < -0.4 is 4.90 Å². The smallest absolute Gasteiger partial charge is 0.340 e. The molecule has 7 nitrogen and oxygen atoms in total. The summed E-state index contributed by atoms with van der Waals surface area (Å²) >= 11 is 6.04. The first-order chi connectivity index (χ1) is 13.6. The summed E-state index contributed by atoms with van der Waals surface area (Å²) in [7, 11) is 0. The molecule has 4 rings (SSSR count). The van der Waals surface area contributed by atoms with E-state index >= 15 is 0 Å². The minimum absolute atomic E-state index is 0.216. The van der Waals surface area contributed by atoms with Crippen LogP contribution in [-0.2, 0) is 9.53 Å². The van der Waals surface area contributed by atoms with Crippen LogP contribution in [0.25, 0.3) is 11.1 Å². The highest BCUT2D eigenvalue weighted by Gasteiger charge is 2.23. The predicted octanol–water partition coefficient (Wildman–Crippen LogP) is 2.99. The molecule has 28 heavy (non-hydrogen) atoms. The number of piperazine rings is 1. The number of carbonyl (C=O) groups is 2. The summed E-state index contributed by atoms with van der Waals surface area (Å²) in [4.78, 5) is 32.6. The monoisotopic (exact) mass is 399 g/mol. The number of rotatable bonds is 4. The zero-order valence-corrected chi connectivity index (χ0v) is 15.8. The first-order valence-electron chi connectivity index (χ1n) is 8.89. The second-order valence-electron chi connectivity index (χ2n) is 6.43. The van der Waals surface area contributed by atoms with Crippen molar-refractivity contribution >= 4 is 40.3 Å². The molecule has 2 aromatic carbocycles. The molecule has 2 heterocycles. The number of hydrogen-bond donors (Lipinski definition) is 0. The molecule has 1 aliphatic rings. The maximum absolute atomic E-state index is 12.4. The number of fused-ring (bicyclic) bond motifs is 1. The topological polar surface area (TPSA) is 75.9 Å². The Labute approximate surface area is 166 Å². The maximum Gasteiger partial charge on any atom is 0.340 e. The number of oxazole rings is 1. The quantitative estimate of drug-likeness (QED) is 0.628. The van der Waals surface area contributed by atoms with Gasteiger partial charge in [0.2, 0.25) is 0 Å². The van der Waals surface area contributed by atoms with Crippen molar-refractivity contribution in [1.82, 2.24) is 9.88 Å². The maximum atomic E-state index is 12.4. The zero-order valence-electron chi connectivity index (χ0n) is 15.0. The van der Waals surface area contributed by atoms with E-state index in [1.807, 2.05) is 24.3 Å². The fourth-order valence-electron chi connectivity index (χ4n) is 3.23. The van der Waals surface area contributed by atoms with Gasteiger partial charge in [0.25, 0.3) is 5.91 Å². The number of esters is 1. The fourth-order valence-corrected chi connectivity index (χ4v) is 3.42. The molecule has 0 N–H and O–H groups in total. The number of carbonyl (C=O) groups excluding carboxylic acids is 2. The van der Waals surface area contributed by atoms with E-state index in [1.54, 1.807) is 23.1 Å².